The summed E-state index contributed by atoms with van der Waals surface area (Å²) in [6.07, 6.45) is 5.54. The first-order valence-corrected chi connectivity index (χ1v) is 16.0. The molecular formula is C35H40F2N8O6. The Morgan fingerprint density at radius 2 is 1.92 bits per heavy atom. The van der Waals surface area contributed by atoms with Crippen molar-refractivity contribution in [1.29, 1.82) is 5.26 Å². The number of piperazine rings is 1. The molecule has 2 saturated heterocycles. The number of hydrogen-bond acceptors (Lipinski definition) is 11. The number of ether oxygens (including phenoxy) is 2. The van der Waals surface area contributed by atoms with Gasteiger partial charge in [-0.2, -0.15) is 9.65 Å². The molecule has 4 heterocycles. The first kappa shape index (κ1) is 38.3. The summed E-state index contributed by atoms with van der Waals surface area (Å²) in [7, 11) is 1.76. The van der Waals surface area contributed by atoms with E-state index in [1.807, 2.05) is 36.8 Å². The van der Waals surface area contributed by atoms with E-state index < -0.39 is 18.2 Å². The maximum Gasteiger partial charge on any atom is 0.290 e. The number of halogens is 2. The second-order valence-electron chi connectivity index (χ2n) is 12.1. The molecule has 0 bridgehead atoms. The monoisotopic (exact) mass is 706 g/mol. The molecule has 0 radical (unpaired) electrons. The van der Waals surface area contributed by atoms with Gasteiger partial charge in [-0.25, -0.2) is 14.4 Å². The second kappa shape index (κ2) is 17.4. The van der Waals surface area contributed by atoms with Crippen molar-refractivity contribution in [2.45, 2.75) is 31.9 Å². The molecule has 270 valence electrons. The molecule has 4 aromatic rings. The average molecular weight is 707 g/mol. The van der Waals surface area contributed by atoms with Crippen LogP contribution in [0.25, 0.3) is 16.9 Å². The molecule has 2 aliphatic heterocycles. The number of amides is 1. The highest BCUT2D eigenvalue weighted by molar-refractivity contribution is 5.96. The van der Waals surface area contributed by atoms with Crippen molar-refractivity contribution in [2.75, 3.05) is 58.3 Å². The number of carbonyl (C=O) groups excluding carboxylic acids is 2. The van der Waals surface area contributed by atoms with Crippen LogP contribution in [0.1, 0.15) is 29.3 Å². The van der Waals surface area contributed by atoms with E-state index in [-0.39, 0.29) is 29.3 Å². The van der Waals surface area contributed by atoms with Crippen molar-refractivity contribution in [2.24, 2.45) is 0 Å². The number of imidazole rings is 1. The Labute approximate surface area is 293 Å². The van der Waals surface area contributed by atoms with Crippen molar-refractivity contribution in [1.82, 2.24) is 29.5 Å². The molecular weight excluding hydrogens is 666 g/mol. The topological polar surface area (TPSA) is 174 Å². The van der Waals surface area contributed by atoms with Crippen LogP contribution in [0.3, 0.4) is 0 Å². The molecule has 16 heteroatoms. The highest BCUT2D eigenvalue weighted by Gasteiger charge is 2.36. The van der Waals surface area contributed by atoms with Crippen molar-refractivity contribution < 1.29 is 37.7 Å². The summed E-state index contributed by atoms with van der Waals surface area (Å²) in [5, 5.41) is 22.4. The Kier molecular flexibility index (Phi) is 13.1. The highest BCUT2D eigenvalue weighted by atomic mass is 19.2. The Bertz CT molecular complexity index is 1880. The molecule has 2 aromatic heterocycles. The number of nitrogens with zero attached hydrogens (tertiary/aromatic N) is 6. The fraction of sp³-hybridized carbons (Fsp3) is 0.371. The SMILES string of the molecule is C=O.CO[C@@]1(C)CN[C@H](CN2CCN(C(=O)c3ccc(Nc4nccn5c(-c6ccc(OCC#N)c(F)c6F)cnc45)cc3C)CC2)C1.O=CO. The summed E-state index contributed by atoms with van der Waals surface area (Å²) in [6, 6.07) is 10.3. The van der Waals surface area contributed by atoms with Crippen LogP contribution in [0.4, 0.5) is 20.3 Å². The molecule has 2 fully saturated rings. The maximum absolute atomic E-state index is 15.0. The van der Waals surface area contributed by atoms with Crippen molar-refractivity contribution in [3.05, 3.63) is 71.7 Å². The zero-order chi connectivity index (χ0) is 37.1. The van der Waals surface area contributed by atoms with E-state index >= 15 is 0 Å². The fourth-order valence-electron chi connectivity index (χ4n) is 6.20. The van der Waals surface area contributed by atoms with Gasteiger partial charge >= 0.3 is 0 Å². The lowest BCUT2D eigenvalue weighted by molar-refractivity contribution is -0.122. The molecule has 51 heavy (non-hydrogen) atoms. The number of rotatable bonds is 9. The maximum atomic E-state index is 15.0. The quantitative estimate of drug-likeness (QED) is 0.216. The Hall–Kier alpha value is -5.50. The van der Waals surface area contributed by atoms with E-state index in [0.29, 0.717) is 47.5 Å². The van der Waals surface area contributed by atoms with Crippen LogP contribution in [0.2, 0.25) is 0 Å². The van der Waals surface area contributed by atoms with Gasteiger partial charge in [0.05, 0.1) is 17.5 Å². The predicted octanol–water partition coefficient (Wildman–Crippen LogP) is 3.67. The summed E-state index contributed by atoms with van der Waals surface area (Å²) in [5.74, 6) is -2.22. The van der Waals surface area contributed by atoms with Gasteiger partial charge in [0.1, 0.15) is 12.9 Å². The zero-order valence-corrected chi connectivity index (χ0v) is 28.6. The van der Waals surface area contributed by atoms with Gasteiger partial charge in [0.25, 0.3) is 12.4 Å². The van der Waals surface area contributed by atoms with Crippen molar-refractivity contribution in [3.8, 4) is 23.1 Å². The summed E-state index contributed by atoms with van der Waals surface area (Å²) >= 11 is 0. The first-order chi connectivity index (χ1) is 24.6. The number of carboxylic acid groups (broad SMARTS) is 1. The van der Waals surface area contributed by atoms with Crippen LogP contribution in [0.15, 0.2) is 48.9 Å². The summed E-state index contributed by atoms with van der Waals surface area (Å²) in [5.41, 5.74) is 2.74. The van der Waals surface area contributed by atoms with Gasteiger partial charge < -0.3 is 34.9 Å². The van der Waals surface area contributed by atoms with E-state index in [1.165, 1.54) is 24.5 Å². The molecule has 0 unspecified atom stereocenters. The van der Waals surface area contributed by atoms with Crippen LogP contribution in [-0.2, 0) is 14.3 Å². The molecule has 2 aromatic carbocycles. The summed E-state index contributed by atoms with van der Waals surface area (Å²) < 4.78 is 41.8. The minimum Gasteiger partial charge on any atom is -0.483 e. The Morgan fingerprint density at radius 1 is 1.20 bits per heavy atom. The van der Waals surface area contributed by atoms with Gasteiger partial charge in [0.2, 0.25) is 5.82 Å². The third kappa shape index (κ3) is 8.81. The lowest BCUT2D eigenvalue weighted by Gasteiger charge is -2.36. The number of benzene rings is 2. The van der Waals surface area contributed by atoms with Gasteiger partial charge in [-0.1, -0.05) is 0 Å². The normalized spacial score (nSPS) is 18.5. The number of nitrogens with one attached hydrogen (secondary N) is 2. The molecule has 14 nitrogen and oxygen atoms in total. The number of carbonyl (C=O) groups is 3. The number of aryl methyl sites for hydroxylation is 1. The highest BCUT2D eigenvalue weighted by Crippen LogP contribution is 2.32. The first-order valence-electron chi connectivity index (χ1n) is 16.0. The number of fused-ring (bicyclic) bond motifs is 1. The molecule has 0 saturated carbocycles. The van der Waals surface area contributed by atoms with Gasteiger partial charge in [0.15, 0.2) is 29.6 Å². The Balaban J connectivity index is 0.00000111. The number of nitriles is 1. The number of hydrogen-bond donors (Lipinski definition) is 3. The number of methoxy groups -OCH3 is 1. The minimum absolute atomic E-state index is 0.00563. The number of anilines is 2. The summed E-state index contributed by atoms with van der Waals surface area (Å²) in [6.45, 7) is 10.2. The average Bonchev–Trinajstić information content (AvgIpc) is 3.74. The lowest BCUT2D eigenvalue weighted by Crippen LogP contribution is -2.51. The van der Waals surface area contributed by atoms with Crippen LogP contribution >= 0.6 is 0 Å². The van der Waals surface area contributed by atoms with E-state index in [1.54, 1.807) is 23.8 Å². The van der Waals surface area contributed by atoms with Gasteiger partial charge in [-0.15, -0.1) is 0 Å². The van der Waals surface area contributed by atoms with Crippen LogP contribution in [0, 0.1) is 29.9 Å². The minimum atomic E-state index is -1.18. The molecule has 6 rings (SSSR count). The van der Waals surface area contributed by atoms with Crippen LogP contribution in [0.5, 0.6) is 5.75 Å². The standard InChI is InChI=1S/C33H36F2N8O3.CH2O2.CH2O/c1-21-16-22(4-5-24(21)32(44)42-13-11-41(12-14-42)19-23-17-33(2,45-3)20-39-23)40-30-31-38-18-26(43(31)10-9-37-30)25-6-7-27(46-15-8-36)29(35)28(25)34;2-1-3;1-2/h4-7,9-10,16,18,23,39H,11-15,17,19-20H2,1-3H3,(H,37,40);1H,(H,2,3);1H2/t23-,33+;;/m0../s1. The molecule has 2 atom stereocenters. The predicted molar refractivity (Wildman–Crippen MR) is 184 cm³/mol. The van der Waals surface area contributed by atoms with Crippen molar-refractivity contribution >= 4 is 36.3 Å². The van der Waals surface area contributed by atoms with E-state index in [2.05, 4.69) is 32.4 Å². The fourth-order valence-corrected chi connectivity index (χ4v) is 6.20. The van der Waals surface area contributed by atoms with E-state index in [4.69, 9.17) is 29.4 Å². The molecule has 0 aliphatic carbocycles. The van der Waals surface area contributed by atoms with E-state index in [0.717, 1.165) is 38.2 Å². The Morgan fingerprint density at radius 3 is 2.57 bits per heavy atom. The van der Waals surface area contributed by atoms with Crippen LogP contribution < -0.4 is 15.4 Å². The van der Waals surface area contributed by atoms with Gasteiger partial charge in [0, 0.05) is 81.6 Å². The van der Waals surface area contributed by atoms with Gasteiger partial charge in [-0.3, -0.25) is 18.9 Å². The lowest BCUT2D eigenvalue weighted by atomic mass is 10.0. The van der Waals surface area contributed by atoms with E-state index in [9.17, 15) is 13.6 Å². The third-order valence-corrected chi connectivity index (χ3v) is 8.84. The molecule has 1 amide bonds. The molecule has 3 N–H and O–H groups in total. The smallest absolute Gasteiger partial charge is 0.290 e. The zero-order valence-electron chi connectivity index (χ0n) is 28.6. The van der Waals surface area contributed by atoms with Crippen molar-refractivity contribution in [3.63, 3.8) is 0 Å². The second-order valence-corrected chi connectivity index (χ2v) is 12.1. The largest absolute Gasteiger partial charge is 0.483 e. The van der Waals surface area contributed by atoms with Gasteiger partial charge in [-0.05, 0) is 56.2 Å². The number of aromatic nitrogens is 3. The van der Waals surface area contributed by atoms with Crippen LogP contribution in [-0.4, -0.2) is 113 Å². The molecule has 2 aliphatic rings. The molecule has 0 spiro atoms. The third-order valence-electron chi connectivity index (χ3n) is 8.84. The summed E-state index contributed by atoms with van der Waals surface area (Å²) in [4.78, 5) is 43.0.